The average molecular weight is 383 g/mol. The molecule has 1 aromatic heterocycles. The number of nitrogens with zero attached hydrogens (tertiary/aromatic N) is 3. The van der Waals surface area contributed by atoms with Crippen LogP contribution in [0.1, 0.15) is 17.5 Å². The van der Waals surface area contributed by atoms with E-state index in [0.717, 1.165) is 5.56 Å². The summed E-state index contributed by atoms with van der Waals surface area (Å²) in [5.41, 5.74) is 2.03. The van der Waals surface area contributed by atoms with E-state index in [1.807, 2.05) is 6.92 Å². The van der Waals surface area contributed by atoms with Gasteiger partial charge in [-0.15, -0.1) is 0 Å². The fraction of sp³-hybridized carbons (Fsp3) is 0.389. The smallest absolute Gasteiger partial charge is 0.423 e. The van der Waals surface area contributed by atoms with E-state index in [-0.39, 0.29) is 30.0 Å². The Morgan fingerprint density at radius 2 is 2.29 bits per heavy atom. The van der Waals surface area contributed by atoms with Crippen LogP contribution in [-0.2, 0) is 16.0 Å². The highest BCUT2D eigenvalue weighted by atomic mass is 19.1. The normalized spacial score (nSPS) is 21.1. The summed E-state index contributed by atoms with van der Waals surface area (Å²) in [6.07, 6.45) is 2.32. The molecular weight excluding hydrogens is 364 g/mol. The van der Waals surface area contributed by atoms with Gasteiger partial charge in [-0.05, 0) is 31.0 Å². The summed E-state index contributed by atoms with van der Waals surface area (Å²) in [5, 5.41) is 25.2. The molecule has 2 aliphatic heterocycles. The van der Waals surface area contributed by atoms with Gasteiger partial charge in [0.15, 0.2) is 0 Å². The van der Waals surface area contributed by atoms with Crippen LogP contribution in [-0.4, -0.2) is 41.4 Å². The number of aromatic nitrogens is 2. The molecule has 2 atom stereocenters. The van der Waals surface area contributed by atoms with Crippen molar-refractivity contribution in [1.82, 2.24) is 9.97 Å². The van der Waals surface area contributed by atoms with Crippen molar-refractivity contribution in [2.45, 2.75) is 26.0 Å². The maximum Gasteiger partial charge on any atom is 0.494 e. The summed E-state index contributed by atoms with van der Waals surface area (Å²) in [6, 6.07) is 5.12. The Morgan fingerprint density at radius 3 is 3.11 bits per heavy atom. The zero-order valence-corrected chi connectivity index (χ0v) is 15.3. The molecule has 0 radical (unpaired) electrons. The van der Waals surface area contributed by atoms with Crippen LogP contribution in [0, 0.1) is 30.0 Å². The van der Waals surface area contributed by atoms with Crippen LogP contribution >= 0.6 is 0 Å². The SMILES string of the molecule is Cc1cnc(Nc2cc(F)c3c(c2)COB3O)nc1NC1COCCC1C#N. The Morgan fingerprint density at radius 1 is 1.43 bits per heavy atom. The van der Waals surface area contributed by atoms with Gasteiger partial charge in [0.05, 0.1) is 31.2 Å². The average Bonchev–Trinajstić information content (AvgIpc) is 3.06. The summed E-state index contributed by atoms with van der Waals surface area (Å²) in [5.74, 6) is 0.175. The van der Waals surface area contributed by atoms with Crippen LogP contribution in [0.5, 0.6) is 0 Å². The molecule has 28 heavy (non-hydrogen) atoms. The lowest BCUT2D eigenvalue weighted by molar-refractivity contribution is 0.0698. The molecule has 2 unspecified atom stereocenters. The number of halogens is 1. The summed E-state index contributed by atoms with van der Waals surface area (Å²) >= 11 is 0. The quantitative estimate of drug-likeness (QED) is 0.676. The van der Waals surface area contributed by atoms with E-state index in [1.165, 1.54) is 6.07 Å². The first kappa shape index (κ1) is 18.6. The third-order valence-electron chi connectivity index (χ3n) is 4.93. The number of nitrogens with one attached hydrogen (secondary N) is 2. The van der Waals surface area contributed by atoms with Gasteiger partial charge < -0.3 is 25.0 Å². The topological polar surface area (TPSA) is 112 Å². The molecule has 1 aromatic carbocycles. The Balaban J connectivity index is 1.55. The van der Waals surface area contributed by atoms with Crippen LogP contribution in [0.15, 0.2) is 18.3 Å². The third-order valence-corrected chi connectivity index (χ3v) is 4.93. The number of aryl methyl sites for hydroxylation is 1. The van der Waals surface area contributed by atoms with Crippen LogP contribution in [0.2, 0.25) is 0 Å². The van der Waals surface area contributed by atoms with Crippen LogP contribution < -0.4 is 16.1 Å². The number of rotatable bonds is 4. The molecule has 0 aliphatic carbocycles. The molecule has 2 aromatic rings. The van der Waals surface area contributed by atoms with Crippen molar-refractivity contribution in [2.24, 2.45) is 5.92 Å². The van der Waals surface area contributed by atoms with Gasteiger partial charge in [-0.3, -0.25) is 0 Å². The number of hydrogen-bond acceptors (Lipinski definition) is 8. The first-order valence-corrected chi connectivity index (χ1v) is 9.01. The molecule has 10 heteroatoms. The minimum atomic E-state index is -1.23. The highest BCUT2D eigenvalue weighted by Crippen LogP contribution is 2.24. The zero-order chi connectivity index (χ0) is 19.7. The second kappa shape index (κ2) is 7.71. The predicted molar refractivity (Wildman–Crippen MR) is 101 cm³/mol. The second-order valence-electron chi connectivity index (χ2n) is 6.89. The van der Waals surface area contributed by atoms with E-state index in [9.17, 15) is 14.7 Å². The standard InChI is InChI=1S/C18H19BFN5O3/c1-10-7-22-18(25-17(10)24-15-9-27-3-2-11(15)6-21)23-13-4-12-8-28-19(26)16(12)14(20)5-13/h4-5,7,11,15,26H,2-3,8-9H2,1H3,(H2,22,23,24,25). The summed E-state index contributed by atoms with van der Waals surface area (Å²) in [6.45, 7) is 3.02. The molecule has 0 amide bonds. The molecule has 3 heterocycles. The summed E-state index contributed by atoms with van der Waals surface area (Å²) in [4.78, 5) is 8.71. The molecule has 1 saturated heterocycles. The molecular formula is C18H19BFN5O3. The fourth-order valence-corrected chi connectivity index (χ4v) is 3.38. The Bertz CT molecular complexity index is 938. The monoisotopic (exact) mass is 383 g/mol. The van der Waals surface area contributed by atoms with Crippen molar-refractivity contribution >= 4 is 30.0 Å². The van der Waals surface area contributed by atoms with Crippen LogP contribution in [0.3, 0.4) is 0 Å². The Labute approximate surface area is 161 Å². The minimum Gasteiger partial charge on any atom is -0.423 e. The van der Waals surface area contributed by atoms with Crippen molar-refractivity contribution in [3.05, 3.63) is 35.3 Å². The van der Waals surface area contributed by atoms with Crippen LogP contribution in [0.4, 0.5) is 21.8 Å². The number of ether oxygens (including phenoxy) is 1. The van der Waals surface area contributed by atoms with E-state index in [0.29, 0.717) is 36.7 Å². The number of benzene rings is 1. The lowest BCUT2D eigenvalue weighted by atomic mass is 9.79. The van der Waals surface area contributed by atoms with Gasteiger partial charge in [-0.2, -0.15) is 10.2 Å². The van der Waals surface area contributed by atoms with Gasteiger partial charge in [0, 0.05) is 29.5 Å². The molecule has 0 saturated carbocycles. The second-order valence-corrected chi connectivity index (χ2v) is 6.89. The van der Waals surface area contributed by atoms with Gasteiger partial charge in [0.25, 0.3) is 0 Å². The molecule has 3 N–H and O–H groups in total. The van der Waals surface area contributed by atoms with Gasteiger partial charge in [-0.25, -0.2) is 9.37 Å². The lowest BCUT2D eigenvalue weighted by Crippen LogP contribution is -2.38. The van der Waals surface area contributed by atoms with E-state index in [4.69, 9.17) is 9.39 Å². The minimum absolute atomic E-state index is 0.141. The Hall–Kier alpha value is -2.74. The van der Waals surface area contributed by atoms with E-state index < -0.39 is 12.9 Å². The third kappa shape index (κ3) is 3.64. The van der Waals surface area contributed by atoms with Crippen molar-refractivity contribution < 1.29 is 18.8 Å². The van der Waals surface area contributed by atoms with E-state index in [1.54, 1.807) is 12.3 Å². The summed E-state index contributed by atoms with van der Waals surface area (Å²) in [7, 11) is -1.23. The summed E-state index contributed by atoms with van der Waals surface area (Å²) < 4.78 is 24.8. The largest absolute Gasteiger partial charge is 0.494 e. The lowest BCUT2D eigenvalue weighted by Gasteiger charge is -2.28. The van der Waals surface area contributed by atoms with Crippen molar-refractivity contribution in [3.8, 4) is 6.07 Å². The van der Waals surface area contributed by atoms with Gasteiger partial charge >= 0.3 is 7.12 Å². The zero-order valence-electron chi connectivity index (χ0n) is 15.3. The van der Waals surface area contributed by atoms with Gasteiger partial charge in [0.2, 0.25) is 5.95 Å². The van der Waals surface area contributed by atoms with Crippen molar-refractivity contribution in [1.29, 1.82) is 5.26 Å². The molecule has 144 valence electrons. The highest BCUT2D eigenvalue weighted by molar-refractivity contribution is 6.61. The predicted octanol–water partition coefficient (Wildman–Crippen LogP) is 1.23. The van der Waals surface area contributed by atoms with Crippen molar-refractivity contribution in [2.75, 3.05) is 23.8 Å². The number of nitriles is 1. The molecule has 8 nitrogen and oxygen atoms in total. The molecule has 0 bridgehead atoms. The molecule has 4 rings (SSSR count). The molecule has 1 fully saturated rings. The first-order chi connectivity index (χ1) is 13.5. The number of hydrogen-bond donors (Lipinski definition) is 3. The fourth-order valence-electron chi connectivity index (χ4n) is 3.38. The Kier molecular flexibility index (Phi) is 5.13. The first-order valence-electron chi connectivity index (χ1n) is 9.01. The number of fused-ring (bicyclic) bond motifs is 1. The van der Waals surface area contributed by atoms with E-state index >= 15 is 0 Å². The van der Waals surface area contributed by atoms with Crippen LogP contribution in [0.25, 0.3) is 0 Å². The highest BCUT2D eigenvalue weighted by Gasteiger charge is 2.31. The van der Waals surface area contributed by atoms with Gasteiger partial charge in [0.1, 0.15) is 11.6 Å². The molecule has 0 spiro atoms. The maximum atomic E-state index is 14.3. The maximum absolute atomic E-state index is 14.3. The molecule has 2 aliphatic rings. The van der Waals surface area contributed by atoms with Gasteiger partial charge in [-0.1, -0.05) is 0 Å². The number of anilines is 3. The van der Waals surface area contributed by atoms with E-state index in [2.05, 4.69) is 26.7 Å². The van der Waals surface area contributed by atoms with Crippen molar-refractivity contribution in [3.63, 3.8) is 0 Å².